The predicted molar refractivity (Wildman–Crippen MR) is 109 cm³/mol. The standard InChI is InChI=1S/C22H32N4O2/c1-24(2)16-6-8-17(9-7-16)25-12-10-18(11-13-25)26-14-15-4-3-5-19(21(23)27)20(15)22(26)28/h3-5,16-18H,6-14H2,1-2H3,(H2,23,27)/t16-,17-. The molecule has 2 heterocycles. The Kier molecular flexibility index (Phi) is 5.43. The largest absolute Gasteiger partial charge is 0.366 e. The summed E-state index contributed by atoms with van der Waals surface area (Å²) in [6.45, 7) is 2.73. The van der Waals surface area contributed by atoms with E-state index in [1.165, 1.54) is 25.7 Å². The molecule has 1 saturated carbocycles. The van der Waals surface area contributed by atoms with Crippen LogP contribution in [0.25, 0.3) is 0 Å². The summed E-state index contributed by atoms with van der Waals surface area (Å²) in [5.74, 6) is -0.537. The van der Waals surface area contributed by atoms with Gasteiger partial charge in [-0.2, -0.15) is 0 Å². The smallest absolute Gasteiger partial charge is 0.255 e. The maximum absolute atomic E-state index is 13.0. The van der Waals surface area contributed by atoms with Gasteiger partial charge in [0.05, 0.1) is 11.1 Å². The zero-order valence-electron chi connectivity index (χ0n) is 17.1. The fourth-order valence-corrected chi connectivity index (χ4v) is 5.39. The summed E-state index contributed by atoms with van der Waals surface area (Å²) in [7, 11) is 4.37. The van der Waals surface area contributed by atoms with Crippen LogP contribution in [0.1, 0.15) is 64.8 Å². The number of rotatable bonds is 4. The first kappa shape index (κ1) is 19.4. The van der Waals surface area contributed by atoms with Gasteiger partial charge in [-0.15, -0.1) is 0 Å². The molecule has 0 aromatic heterocycles. The second kappa shape index (κ2) is 7.84. The molecular formula is C22H32N4O2. The molecule has 1 aromatic carbocycles. The van der Waals surface area contributed by atoms with Gasteiger partial charge in [0.15, 0.2) is 0 Å². The summed E-state index contributed by atoms with van der Waals surface area (Å²) in [6.07, 6.45) is 7.16. The molecule has 2 fully saturated rings. The van der Waals surface area contributed by atoms with Gasteiger partial charge < -0.3 is 20.4 Å². The molecule has 1 aliphatic carbocycles. The SMILES string of the molecule is CN(C)[C@H]1CC[C@H](N2CCC(N3Cc4cccc(C(N)=O)c4C3=O)CC2)CC1. The Balaban J connectivity index is 1.36. The van der Waals surface area contributed by atoms with E-state index in [2.05, 4.69) is 23.9 Å². The molecule has 2 N–H and O–H groups in total. The number of primary amides is 1. The molecule has 0 spiro atoms. The van der Waals surface area contributed by atoms with E-state index < -0.39 is 5.91 Å². The van der Waals surface area contributed by atoms with E-state index >= 15 is 0 Å². The fourth-order valence-electron chi connectivity index (χ4n) is 5.39. The Morgan fingerprint density at radius 1 is 1.04 bits per heavy atom. The minimum Gasteiger partial charge on any atom is -0.366 e. The predicted octanol–water partition coefficient (Wildman–Crippen LogP) is 2.08. The molecule has 1 saturated heterocycles. The lowest BCUT2D eigenvalue weighted by Crippen LogP contribution is -2.50. The Morgan fingerprint density at radius 3 is 2.32 bits per heavy atom. The van der Waals surface area contributed by atoms with Crippen LogP contribution in [0.3, 0.4) is 0 Å². The maximum atomic E-state index is 13.0. The van der Waals surface area contributed by atoms with Gasteiger partial charge in [-0.25, -0.2) is 0 Å². The number of nitrogens with zero attached hydrogens (tertiary/aromatic N) is 3. The van der Waals surface area contributed by atoms with Gasteiger partial charge in [-0.1, -0.05) is 12.1 Å². The van der Waals surface area contributed by atoms with Crippen molar-refractivity contribution in [2.45, 2.75) is 63.2 Å². The summed E-state index contributed by atoms with van der Waals surface area (Å²) in [5.41, 5.74) is 7.31. The number of likely N-dealkylation sites (tertiary alicyclic amines) is 1. The van der Waals surface area contributed by atoms with E-state index in [0.717, 1.165) is 37.5 Å². The van der Waals surface area contributed by atoms with Crippen LogP contribution in [0.2, 0.25) is 0 Å². The Morgan fingerprint density at radius 2 is 1.71 bits per heavy atom. The molecule has 152 valence electrons. The van der Waals surface area contributed by atoms with E-state index in [0.29, 0.717) is 23.7 Å². The van der Waals surface area contributed by atoms with Crippen molar-refractivity contribution >= 4 is 11.8 Å². The van der Waals surface area contributed by atoms with Crippen LogP contribution in [0.5, 0.6) is 0 Å². The third kappa shape index (κ3) is 3.55. The highest BCUT2D eigenvalue weighted by molar-refractivity contribution is 6.09. The molecule has 2 amide bonds. The fraction of sp³-hybridized carbons (Fsp3) is 0.636. The Bertz CT molecular complexity index is 747. The van der Waals surface area contributed by atoms with Crippen molar-refractivity contribution in [3.8, 4) is 0 Å². The number of benzene rings is 1. The van der Waals surface area contributed by atoms with Crippen LogP contribution in [-0.4, -0.2) is 71.8 Å². The minimum absolute atomic E-state index is 0.0191. The van der Waals surface area contributed by atoms with Crippen LogP contribution in [-0.2, 0) is 6.54 Å². The second-order valence-electron chi connectivity index (χ2n) is 8.83. The molecule has 3 aliphatic rings. The first-order valence-electron chi connectivity index (χ1n) is 10.6. The third-order valence-corrected chi connectivity index (χ3v) is 7.08. The lowest BCUT2D eigenvalue weighted by atomic mass is 9.88. The molecule has 0 unspecified atom stereocenters. The number of fused-ring (bicyclic) bond motifs is 1. The van der Waals surface area contributed by atoms with Gasteiger partial charge in [0.1, 0.15) is 0 Å². The number of hydrogen-bond donors (Lipinski definition) is 1. The lowest BCUT2D eigenvalue weighted by Gasteiger charge is -2.43. The van der Waals surface area contributed by atoms with Gasteiger partial charge in [0.25, 0.3) is 5.91 Å². The second-order valence-corrected chi connectivity index (χ2v) is 8.83. The van der Waals surface area contributed by atoms with Crippen molar-refractivity contribution in [1.29, 1.82) is 0 Å². The number of hydrogen-bond acceptors (Lipinski definition) is 4. The third-order valence-electron chi connectivity index (χ3n) is 7.08. The van der Waals surface area contributed by atoms with Gasteiger partial charge in [0.2, 0.25) is 5.91 Å². The number of nitrogens with two attached hydrogens (primary N) is 1. The van der Waals surface area contributed by atoms with E-state index in [1.807, 2.05) is 17.0 Å². The van der Waals surface area contributed by atoms with Crippen LogP contribution in [0.4, 0.5) is 0 Å². The molecule has 2 aliphatic heterocycles. The van der Waals surface area contributed by atoms with Crippen molar-refractivity contribution in [2.75, 3.05) is 27.2 Å². The van der Waals surface area contributed by atoms with Crippen molar-refractivity contribution in [2.24, 2.45) is 5.73 Å². The van der Waals surface area contributed by atoms with Crippen molar-refractivity contribution < 1.29 is 9.59 Å². The zero-order valence-corrected chi connectivity index (χ0v) is 17.1. The summed E-state index contributed by atoms with van der Waals surface area (Å²) < 4.78 is 0. The number of carbonyl (C=O) groups is 2. The normalized spacial score (nSPS) is 26.7. The van der Waals surface area contributed by atoms with Crippen LogP contribution >= 0.6 is 0 Å². The maximum Gasteiger partial charge on any atom is 0.255 e. The quantitative estimate of drug-likeness (QED) is 0.863. The van der Waals surface area contributed by atoms with Gasteiger partial charge >= 0.3 is 0 Å². The molecule has 6 heteroatoms. The Hall–Kier alpha value is -1.92. The summed E-state index contributed by atoms with van der Waals surface area (Å²) in [5, 5.41) is 0. The first-order valence-corrected chi connectivity index (χ1v) is 10.6. The highest BCUT2D eigenvalue weighted by Crippen LogP contribution is 2.32. The average molecular weight is 385 g/mol. The summed E-state index contributed by atoms with van der Waals surface area (Å²) in [6, 6.07) is 7.12. The van der Waals surface area contributed by atoms with E-state index in [9.17, 15) is 9.59 Å². The van der Waals surface area contributed by atoms with E-state index in [1.54, 1.807) is 6.07 Å². The molecule has 1 aromatic rings. The topological polar surface area (TPSA) is 69.9 Å². The molecular weight excluding hydrogens is 352 g/mol. The molecule has 0 bridgehead atoms. The number of carbonyl (C=O) groups excluding carboxylic acids is 2. The van der Waals surface area contributed by atoms with Crippen molar-refractivity contribution in [1.82, 2.24) is 14.7 Å². The van der Waals surface area contributed by atoms with Crippen LogP contribution < -0.4 is 5.73 Å². The highest BCUT2D eigenvalue weighted by Gasteiger charge is 2.38. The van der Waals surface area contributed by atoms with Crippen molar-refractivity contribution in [3.63, 3.8) is 0 Å². The van der Waals surface area contributed by atoms with E-state index in [4.69, 9.17) is 5.73 Å². The molecule has 6 nitrogen and oxygen atoms in total. The highest BCUT2D eigenvalue weighted by atomic mass is 16.2. The van der Waals surface area contributed by atoms with Crippen molar-refractivity contribution in [3.05, 3.63) is 34.9 Å². The molecule has 4 rings (SSSR count). The summed E-state index contributed by atoms with van der Waals surface area (Å²) in [4.78, 5) is 31.7. The number of piperidine rings is 1. The van der Waals surface area contributed by atoms with Gasteiger partial charge in [-0.3, -0.25) is 9.59 Å². The first-order chi connectivity index (χ1) is 13.5. The summed E-state index contributed by atoms with van der Waals surface area (Å²) >= 11 is 0. The minimum atomic E-state index is -0.518. The van der Waals surface area contributed by atoms with Gasteiger partial charge in [-0.05, 0) is 64.3 Å². The van der Waals surface area contributed by atoms with Crippen LogP contribution in [0.15, 0.2) is 18.2 Å². The molecule has 0 radical (unpaired) electrons. The lowest BCUT2D eigenvalue weighted by molar-refractivity contribution is 0.0465. The molecule has 28 heavy (non-hydrogen) atoms. The average Bonchev–Trinajstić information content (AvgIpc) is 3.05. The van der Waals surface area contributed by atoms with Crippen LogP contribution in [0, 0.1) is 0 Å². The Labute approximate surface area is 167 Å². The van der Waals surface area contributed by atoms with Gasteiger partial charge in [0, 0.05) is 37.8 Å². The zero-order chi connectivity index (χ0) is 19.8. The monoisotopic (exact) mass is 384 g/mol. The molecule has 0 atom stereocenters. The van der Waals surface area contributed by atoms with E-state index in [-0.39, 0.29) is 11.9 Å². The number of amides is 2.